The van der Waals surface area contributed by atoms with Gasteiger partial charge in [0.2, 0.25) is 0 Å². The lowest BCUT2D eigenvalue weighted by atomic mass is 10.0. The number of ether oxygens (including phenoxy) is 5. The second kappa shape index (κ2) is 36.9. The molecule has 1 fully saturated rings. The van der Waals surface area contributed by atoms with Crippen molar-refractivity contribution in [3.8, 4) is 0 Å². The molecule has 10 heteroatoms. The van der Waals surface area contributed by atoms with E-state index in [-0.39, 0.29) is 55.9 Å². The number of carbonyl (C=O) groups excluding carboxylic acids is 4. The minimum Gasteiger partial charge on any atom is -0.466 e. The van der Waals surface area contributed by atoms with Crippen molar-refractivity contribution in [2.45, 2.75) is 226 Å². The molecule has 0 saturated carbocycles. The van der Waals surface area contributed by atoms with Crippen molar-refractivity contribution < 1.29 is 42.9 Å². The Labute approximate surface area is 342 Å². The quantitative estimate of drug-likeness (QED) is 0.0339. The number of carbonyl (C=O) groups is 4. The van der Waals surface area contributed by atoms with E-state index in [9.17, 15) is 19.2 Å². The van der Waals surface area contributed by atoms with Crippen molar-refractivity contribution in [2.24, 2.45) is 5.92 Å². The SMILES string of the molecule is CCCCCCCCCCCC[C@H](CCCOC(=O)CCCCC(COC(=O)CCCCCCC)COC(=O)CCCCCCC)OC(=O)O[C@@H]1CCN(C)C1. The van der Waals surface area contributed by atoms with Crippen LogP contribution in [0.4, 0.5) is 4.79 Å². The van der Waals surface area contributed by atoms with Crippen LogP contribution >= 0.6 is 0 Å². The van der Waals surface area contributed by atoms with Gasteiger partial charge in [-0.3, -0.25) is 14.4 Å². The largest absolute Gasteiger partial charge is 0.508 e. The zero-order chi connectivity index (χ0) is 40.9. The first-order valence-electron chi connectivity index (χ1n) is 23.3. The summed E-state index contributed by atoms with van der Waals surface area (Å²) in [4.78, 5) is 52.1. The Hall–Kier alpha value is -2.36. The van der Waals surface area contributed by atoms with Crippen LogP contribution in [0.15, 0.2) is 0 Å². The van der Waals surface area contributed by atoms with Crippen LogP contribution in [0.25, 0.3) is 0 Å². The maximum Gasteiger partial charge on any atom is 0.508 e. The number of hydrogen-bond donors (Lipinski definition) is 0. The minimum absolute atomic E-state index is 0.104. The van der Waals surface area contributed by atoms with Crippen LogP contribution in [0.1, 0.15) is 213 Å². The number of esters is 3. The molecule has 0 aliphatic carbocycles. The van der Waals surface area contributed by atoms with Crippen LogP contribution in [0.2, 0.25) is 0 Å². The fourth-order valence-electron chi connectivity index (χ4n) is 7.21. The van der Waals surface area contributed by atoms with Gasteiger partial charge in [0.25, 0.3) is 0 Å². The summed E-state index contributed by atoms with van der Waals surface area (Å²) in [6.07, 6.45) is 28.2. The topological polar surface area (TPSA) is 118 Å². The molecule has 0 unspecified atom stereocenters. The van der Waals surface area contributed by atoms with Crippen molar-refractivity contribution >= 4 is 24.1 Å². The second-order valence-electron chi connectivity index (χ2n) is 16.4. The van der Waals surface area contributed by atoms with Crippen molar-refractivity contribution in [3.63, 3.8) is 0 Å². The molecule has 1 heterocycles. The summed E-state index contributed by atoms with van der Waals surface area (Å²) >= 11 is 0. The van der Waals surface area contributed by atoms with Crippen molar-refractivity contribution in [3.05, 3.63) is 0 Å². The molecular weight excluding hydrogens is 711 g/mol. The lowest BCUT2D eigenvalue weighted by Gasteiger charge is -2.19. The van der Waals surface area contributed by atoms with Gasteiger partial charge >= 0.3 is 24.1 Å². The second-order valence-corrected chi connectivity index (χ2v) is 16.4. The van der Waals surface area contributed by atoms with E-state index >= 15 is 0 Å². The molecule has 56 heavy (non-hydrogen) atoms. The number of rotatable bonds is 38. The van der Waals surface area contributed by atoms with E-state index in [0.29, 0.717) is 44.9 Å². The van der Waals surface area contributed by atoms with Gasteiger partial charge in [-0.1, -0.05) is 136 Å². The summed E-state index contributed by atoms with van der Waals surface area (Å²) in [6, 6.07) is 0. The van der Waals surface area contributed by atoms with Gasteiger partial charge in [0.05, 0.1) is 19.8 Å². The first-order valence-corrected chi connectivity index (χ1v) is 23.3. The zero-order valence-corrected chi connectivity index (χ0v) is 36.6. The van der Waals surface area contributed by atoms with E-state index in [2.05, 4.69) is 25.7 Å². The summed E-state index contributed by atoms with van der Waals surface area (Å²) in [5.74, 6) is -0.755. The Morgan fingerprint density at radius 3 is 1.46 bits per heavy atom. The minimum atomic E-state index is -0.591. The average Bonchev–Trinajstić information content (AvgIpc) is 3.59. The molecule has 2 atom stereocenters. The highest BCUT2D eigenvalue weighted by Crippen LogP contribution is 2.19. The van der Waals surface area contributed by atoms with Crippen LogP contribution in [0, 0.1) is 5.92 Å². The van der Waals surface area contributed by atoms with Gasteiger partial charge in [0, 0.05) is 38.3 Å². The molecule has 0 aromatic heterocycles. The third-order valence-corrected chi connectivity index (χ3v) is 10.9. The summed E-state index contributed by atoms with van der Waals surface area (Å²) in [6.45, 7) is 8.95. The van der Waals surface area contributed by atoms with Gasteiger partial charge in [-0.15, -0.1) is 0 Å². The third kappa shape index (κ3) is 31.7. The average molecular weight is 796 g/mol. The highest BCUT2D eigenvalue weighted by molar-refractivity contribution is 5.70. The lowest BCUT2D eigenvalue weighted by molar-refractivity contribution is -0.149. The van der Waals surface area contributed by atoms with E-state index in [1.165, 1.54) is 64.2 Å². The van der Waals surface area contributed by atoms with Crippen molar-refractivity contribution in [1.82, 2.24) is 4.90 Å². The molecule has 0 N–H and O–H groups in total. The Balaban J connectivity index is 2.44. The van der Waals surface area contributed by atoms with Crippen LogP contribution in [0.5, 0.6) is 0 Å². The number of hydrogen-bond acceptors (Lipinski definition) is 10. The molecule has 0 aromatic rings. The zero-order valence-electron chi connectivity index (χ0n) is 36.6. The molecule has 0 amide bonds. The summed E-state index contributed by atoms with van der Waals surface area (Å²) < 4.78 is 28.1. The lowest BCUT2D eigenvalue weighted by Crippen LogP contribution is -2.26. The maximum atomic E-state index is 12.6. The first-order chi connectivity index (χ1) is 27.3. The molecule has 10 nitrogen and oxygen atoms in total. The highest BCUT2D eigenvalue weighted by atomic mass is 16.7. The van der Waals surface area contributed by atoms with Gasteiger partial charge in [0.1, 0.15) is 12.2 Å². The van der Waals surface area contributed by atoms with Crippen LogP contribution in [-0.2, 0) is 38.1 Å². The fraction of sp³-hybridized carbons (Fsp3) is 0.913. The predicted molar refractivity (Wildman–Crippen MR) is 225 cm³/mol. The highest BCUT2D eigenvalue weighted by Gasteiger charge is 2.25. The number of nitrogens with zero attached hydrogens (tertiary/aromatic N) is 1. The van der Waals surface area contributed by atoms with Crippen LogP contribution in [-0.4, -0.2) is 81.1 Å². The Morgan fingerprint density at radius 2 is 0.964 bits per heavy atom. The van der Waals surface area contributed by atoms with E-state index in [4.69, 9.17) is 23.7 Å². The maximum absolute atomic E-state index is 12.6. The van der Waals surface area contributed by atoms with E-state index in [0.717, 1.165) is 96.6 Å². The van der Waals surface area contributed by atoms with Crippen LogP contribution in [0.3, 0.4) is 0 Å². The van der Waals surface area contributed by atoms with Crippen LogP contribution < -0.4 is 0 Å². The smallest absolute Gasteiger partial charge is 0.466 e. The molecule has 1 rings (SSSR count). The van der Waals surface area contributed by atoms with Gasteiger partial charge in [-0.25, -0.2) is 4.79 Å². The molecule has 328 valence electrons. The molecule has 1 aliphatic rings. The number of unbranched alkanes of at least 4 members (excludes halogenated alkanes) is 18. The molecule has 1 aliphatic heterocycles. The number of likely N-dealkylation sites (N-methyl/N-ethyl adjacent to an activating group) is 1. The van der Waals surface area contributed by atoms with Gasteiger partial charge in [-0.05, 0) is 64.8 Å². The van der Waals surface area contributed by atoms with E-state index in [1.807, 2.05) is 7.05 Å². The molecule has 0 bridgehead atoms. The fourth-order valence-corrected chi connectivity index (χ4v) is 7.21. The monoisotopic (exact) mass is 796 g/mol. The van der Waals surface area contributed by atoms with Gasteiger partial charge in [0.15, 0.2) is 0 Å². The number of likely N-dealkylation sites (tertiary alicyclic amines) is 1. The Bertz CT molecular complexity index is 946. The predicted octanol–water partition coefficient (Wildman–Crippen LogP) is 11.8. The molecule has 0 spiro atoms. The molecule has 0 radical (unpaired) electrons. The van der Waals surface area contributed by atoms with Crippen molar-refractivity contribution in [2.75, 3.05) is 40.0 Å². The summed E-state index contributed by atoms with van der Waals surface area (Å²) in [7, 11) is 2.02. The molecule has 1 saturated heterocycles. The standard InChI is InChI=1S/C46H85NO9/c1-5-8-11-14-15-16-17-18-21-22-29-41(55-46(51)56-42-34-35-47(4)37-42)30-27-36-52-43(48)33-26-25-28-40(38-53-44(49)31-23-19-12-9-6-2)39-54-45(50)32-24-20-13-10-7-3/h40-42H,5-39H2,1-4H3/t41-,42-/m1/s1. The Morgan fingerprint density at radius 1 is 0.536 bits per heavy atom. The third-order valence-electron chi connectivity index (χ3n) is 10.9. The molecule has 0 aromatic carbocycles. The van der Waals surface area contributed by atoms with E-state index < -0.39 is 6.16 Å². The Kier molecular flexibility index (Phi) is 34.1. The molecular formula is C46H85NO9. The van der Waals surface area contributed by atoms with Crippen molar-refractivity contribution in [1.29, 1.82) is 0 Å². The van der Waals surface area contributed by atoms with Gasteiger partial charge < -0.3 is 28.6 Å². The normalized spacial score (nSPS) is 14.8. The van der Waals surface area contributed by atoms with Gasteiger partial charge in [-0.2, -0.15) is 0 Å². The summed E-state index contributed by atoms with van der Waals surface area (Å²) in [5.41, 5.74) is 0. The van der Waals surface area contributed by atoms with E-state index in [1.54, 1.807) is 0 Å². The summed E-state index contributed by atoms with van der Waals surface area (Å²) in [5, 5.41) is 0. The first kappa shape index (κ1) is 51.7.